The highest BCUT2D eigenvalue weighted by Gasteiger charge is 2.22. The number of rotatable bonds is 7. The number of benzene rings is 1. The van der Waals surface area contributed by atoms with Gasteiger partial charge in [-0.1, -0.05) is 0 Å². The summed E-state index contributed by atoms with van der Waals surface area (Å²) in [4.78, 5) is 20.0. The van der Waals surface area contributed by atoms with Gasteiger partial charge in [0.25, 0.3) is 0 Å². The fourth-order valence-corrected chi connectivity index (χ4v) is 3.85. The van der Waals surface area contributed by atoms with Crippen LogP contribution < -0.4 is 9.46 Å². The van der Waals surface area contributed by atoms with E-state index in [1.165, 1.54) is 32.4 Å². The Morgan fingerprint density at radius 1 is 1.10 bits per heavy atom. The second-order valence-corrected chi connectivity index (χ2v) is 7.71. The number of carbonyl (C=O) groups excluding carboxylic acids is 1. The number of aromatic nitrogens is 2. The maximum absolute atomic E-state index is 12.8. The molecule has 3 aromatic rings. The lowest BCUT2D eigenvalue weighted by molar-refractivity contribution is 0.0600. The number of carbonyl (C=O) groups is 1. The molecule has 0 atom stereocenters. The number of methoxy groups -OCH3 is 2. The lowest BCUT2D eigenvalue weighted by Gasteiger charge is -2.12. The third-order valence-electron chi connectivity index (χ3n) is 4.12. The highest BCUT2D eigenvalue weighted by Crippen LogP contribution is 2.25. The maximum Gasteiger partial charge on any atom is 0.337 e. The van der Waals surface area contributed by atoms with E-state index < -0.39 is 16.0 Å². The zero-order valence-electron chi connectivity index (χ0n) is 15.8. The molecule has 150 valence electrons. The fourth-order valence-electron chi connectivity index (χ4n) is 2.64. The van der Waals surface area contributed by atoms with Crippen LogP contribution in [0.2, 0.25) is 0 Å². The van der Waals surface area contributed by atoms with Crippen LogP contribution in [-0.4, -0.2) is 38.6 Å². The quantitative estimate of drug-likeness (QED) is 0.593. The summed E-state index contributed by atoms with van der Waals surface area (Å²) in [5, 5.41) is 0. The van der Waals surface area contributed by atoms with Gasteiger partial charge in [0.05, 0.1) is 25.5 Å². The molecule has 29 heavy (non-hydrogen) atoms. The van der Waals surface area contributed by atoms with Crippen LogP contribution in [0.4, 0.5) is 0 Å². The number of sulfonamides is 1. The molecule has 0 spiro atoms. The Morgan fingerprint density at radius 2 is 1.93 bits per heavy atom. The summed E-state index contributed by atoms with van der Waals surface area (Å²) >= 11 is 0. The molecule has 8 nitrogen and oxygen atoms in total. The van der Waals surface area contributed by atoms with Crippen molar-refractivity contribution in [3.05, 3.63) is 72.2 Å². The Hall–Kier alpha value is -3.30. The van der Waals surface area contributed by atoms with E-state index in [-0.39, 0.29) is 22.8 Å². The van der Waals surface area contributed by atoms with Gasteiger partial charge in [0.1, 0.15) is 10.6 Å². The first-order chi connectivity index (χ1) is 13.9. The van der Waals surface area contributed by atoms with E-state index in [4.69, 9.17) is 4.74 Å². The van der Waals surface area contributed by atoms with E-state index in [0.29, 0.717) is 11.3 Å². The molecule has 0 aliphatic heterocycles. The highest BCUT2D eigenvalue weighted by atomic mass is 32.2. The van der Waals surface area contributed by atoms with E-state index in [1.54, 1.807) is 36.8 Å². The number of hydrogen-bond donors (Lipinski definition) is 1. The van der Waals surface area contributed by atoms with Crippen LogP contribution in [0.5, 0.6) is 5.75 Å². The number of nitrogens with zero attached hydrogens (tertiary/aromatic N) is 2. The molecule has 2 heterocycles. The van der Waals surface area contributed by atoms with Gasteiger partial charge in [0.15, 0.2) is 0 Å². The molecule has 0 amide bonds. The van der Waals surface area contributed by atoms with Gasteiger partial charge in [0.2, 0.25) is 10.0 Å². The van der Waals surface area contributed by atoms with E-state index in [0.717, 1.165) is 5.56 Å². The van der Waals surface area contributed by atoms with Gasteiger partial charge in [-0.25, -0.2) is 17.9 Å². The van der Waals surface area contributed by atoms with Crippen LogP contribution in [0.25, 0.3) is 11.3 Å². The standard InChI is InChI=1S/C20H19N3O5S/c1-27-18-6-5-15(20(24)28-2)11-19(18)29(25,26)23-12-14-7-9-22-17(10-14)16-4-3-8-21-13-16/h3-11,13,23H,12H2,1-2H3. The van der Waals surface area contributed by atoms with Gasteiger partial charge in [-0.2, -0.15) is 0 Å². The van der Waals surface area contributed by atoms with Crippen LogP contribution in [0, 0.1) is 0 Å². The van der Waals surface area contributed by atoms with Gasteiger partial charge in [-0.05, 0) is 48.0 Å². The van der Waals surface area contributed by atoms with Crippen molar-refractivity contribution in [2.75, 3.05) is 14.2 Å². The van der Waals surface area contributed by atoms with Crippen LogP contribution in [0.1, 0.15) is 15.9 Å². The molecular formula is C20H19N3O5S. The Bertz CT molecular complexity index is 1120. The molecule has 0 aliphatic carbocycles. The fraction of sp³-hybridized carbons (Fsp3) is 0.150. The largest absolute Gasteiger partial charge is 0.495 e. The zero-order chi connectivity index (χ0) is 20.9. The molecule has 3 rings (SSSR count). The van der Waals surface area contributed by atoms with Crippen molar-refractivity contribution in [3.63, 3.8) is 0 Å². The van der Waals surface area contributed by atoms with Crippen molar-refractivity contribution in [1.29, 1.82) is 0 Å². The molecule has 0 radical (unpaired) electrons. The second kappa shape index (κ2) is 8.80. The molecule has 0 aliphatic rings. The molecule has 1 N–H and O–H groups in total. The van der Waals surface area contributed by atoms with Crippen LogP contribution in [0.15, 0.2) is 66.0 Å². The first-order valence-corrected chi connectivity index (χ1v) is 10.0. The summed E-state index contributed by atoms with van der Waals surface area (Å²) < 4.78 is 38.0. The molecule has 0 bridgehead atoms. The lowest BCUT2D eigenvalue weighted by Crippen LogP contribution is -2.24. The highest BCUT2D eigenvalue weighted by molar-refractivity contribution is 7.89. The first-order valence-electron chi connectivity index (χ1n) is 8.56. The second-order valence-electron chi connectivity index (χ2n) is 5.97. The summed E-state index contributed by atoms with van der Waals surface area (Å²) in [6, 6.07) is 11.2. The average Bonchev–Trinajstić information content (AvgIpc) is 2.77. The van der Waals surface area contributed by atoms with Crippen LogP contribution >= 0.6 is 0 Å². The summed E-state index contributed by atoms with van der Waals surface area (Å²) in [5.41, 5.74) is 2.33. The van der Waals surface area contributed by atoms with Gasteiger partial charge in [0, 0.05) is 30.7 Å². The summed E-state index contributed by atoms with van der Waals surface area (Å²) in [5.74, 6) is -0.518. The Kier molecular flexibility index (Phi) is 6.20. The monoisotopic (exact) mass is 413 g/mol. The predicted octanol–water partition coefficient (Wildman–Crippen LogP) is 2.42. The molecule has 0 saturated carbocycles. The van der Waals surface area contributed by atoms with Crippen molar-refractivity contribution < 1.29 is 22.7 Å². The van der Waals surface area contributed by atoms with E-state index in [1.807, 2.05) is 6.07 Å². The molecule has 1 aromatic carbocycles. The first kappa shape index (κ1) is 20.4. The summed E-state index contributed by atoms with van der Waals surface area (Å²) in [6.45, 7) is 0.0315. The zero-order valence-corrected chi connectivity index (χ0v) is 16.6. The van der Waals surface area contributed by atoms with Gasteiger partial charge in [-0.15, -0.1) is 0 Å². The molecule has 0 unspecified atom stereocenters. The number of nitrogens with one attached hydrogen (secondary N) is 1. The third-order valence-corrected chi connectivity index (χ3v) is 5.54. The minimum Gasteiger partial charge on any atom is -0.495 e. The average molecular weight is 413 g/mol. The Labute approximate surface area is 168 Å². The van der Waals surface area contributed by atoms with Crippen molar-refractivity contribution in [3.8, 4) is 17.0 Å². The predicted molar refractivity (Wildman–Crippen MR) is 106 cm³/mol. The minimum atomic E-state index is -3.96. The van der Waals surface area contributed by atoms with Crippen LogP contribution in [0.3, 0.4) is 0 Å². The van der Waals surface area contributed by atoms with Gasteiger partial charge in [-0.3, -0.25) is 9.97 Å². The Balaban J connectivity index is 1.85. The lowest BCUT2D eigenvalue weighted by atomic mass is 10.1. The number of hydrogen-bond acceptors (Lipinski definition) is 7. The van der Waals surface area contributed by atoms with E-state index in [2.05, 4.69) is 19.4 Å². The van der Waals surface area contributed by atoms with Crippen molar-refractivity contribution in [2.45, 2.75) is 11.4 Å². The van der Waals surface area contributed by atoms with Crippen molar-refractivity contribution >= 4 is 16.0 Å². The topological polar surface area (TPSA) is 107 Å². The van der Waals surface area contributed by atoms with E-state index >= 15 is 0 Å². The number of esters is 1. The number of ether oxygens (including phenoxy) is 2. The SMILES string of the molecule is COC(=O)c1ccc(OC)c(S(=O)(=O)NCc2ccnc(-c3cccnc3)c2)c1. The molecule has 0 saturated heterocycles. The number of pyridine rings is 2. The van der Waals surface area contributed by atoms with Crippen molar-refractivity contribution in [1.82, 2.24) is 14.7 Å². The Morgan fingerprint density at radius 3 is 2.62 bits per heavy atom. The van der Waals surface area contributed by atoms with Crippen molar-refractivity contribution in [2.24, 2.45) is 0 Å². The summed E-state index contributed by atoms with van der Waals surface area (Å²) in [6.07, 6.45) is 4.95. The smallest absolute Gasteiger partial charge is 0.337 e. The normalized spacial score (nSPS) is 11.1. The van der Waals surface area contributed by atoms with E-state index in [9.17, 15) is 13.2 Å². The molecule has 0 fully saturated rings. The van der Waals surface area contributed by atoms with Gasteiger partial charge >= 0.3 is 5.97 Å². The third kappa shape index (κ3) is 4.76. The van der Waals surface area contributed by atoms with Gasteiger partial charge < -0.3 is 9.47 Å². The molecular weight excluding hydrogens is 394 g/mol. The minimum absolute atomic E-state index is 0.0315. The molecule has 2 aromatic heterocycles. The molecule has 9 heteroatoms. The maximum atomic E-state index is 12.8. The van der Waals surface area contributed by atoms with Crippen LogP contribution in [-0.2, 0) is 21.3 Å². The summed E-state index contributed by atoms with van der Waals surface area (Å²) in [7, 11) is -1.38.